The van der Waals surface area contributed by atoms with E-state index in [9.17, 15) is 0 Å². The van der Waals surface area contributed by atoms with Gasteiger partial charge in [0.05, 0.1) is 13.3 Å². The van der Waals surface area contributed by atoms with Crippen molar-refractivity contribution < 1.29 is 9.47 Å². The summed E-state index contributed by atoms with van der Waals surface area (Å²) in [5.41, 5.74) is 5.70. The molecule has 1 aliphatic rings. The van der Waals surface area contributed by atoms with Crippen molar-refractivity contribution in [2.75, 3.05) is 13.7 Å². The largest absolute Gasteiger partial charge is 0.473 e. The molecular weight excluding hydrogens is 242 g/mol. The van der Waals surface area contributed by atoms with Crippen molar-refractivity contribution in [1.29, 1.82) is 0 Å². The number of methoxy groups -OCH3 is 1. The van der Waals surface area contributed by atoms with Gasteiger partial charge in [0.2, 0.25) is 5.88 Å². The molecule has 0 radical (unpaired) electrons. The number of hydrogen-bond donors (Lipinski definition) is 1. The van der Waals surface area contributed by atoms with Crippen LogP contribution < -0.4 is 15.2 Å². The number of rotatable bonds is 4. The summed E-state index contributed by atoms with van der Waals surface area (Å²) < 4.78 is 10.8. The zero-order valence-electron chi connectivity index (χ0n) is 9.73. The maximum Gasteiger partial charge on any atom is 0.319 e. The van der Waals surface area contributed by atoms with Gasteiger partial charge in [-0.2, -0.15) is 4.98 Å². The van der Waals surface area contributed by atoms with Crippen molar-refractivity contribution in [1.82, 2.24) is 9.97 Å². The van der Waals surface area contributed by atoms with E-state index in [-0.39, 0.29) is 12.1 Å². The summed E-state index contributed by atoms with van der Waals surface area (Å²) in [6.45, 7) is 0.629. The first-order valence-corrected chi connectivity index (χ1v) is 6.05. The van der Waals surface area contributed by atoms with Crippen LogP contribution in [0.5, 0.6) is 11.9 Å². The predicted molar refractivity (Wildman–Crippen MR) is 64.4 cm³/mol. The third-order valence-electron chi connectivity index (χ3n) is 3.03. The molecule has 0 bridgehead atoms. The van der Waals surface area contributed by atoms with Crippen LogP contribution in [0.1, 0.15) is 19.3 Å². The highest BCUT2D eigenvalue weighted by atomic mass is 35.5. The lowest BCUT2D eigenvalue weighted by molar-refractivity contribution is 0.153. The lowest BCUT2D eigenvalue weighted by Gasteiger charge is -2.19. The van der Waals surface area contributed by atoms with E-state index >= 15 is 0 Å². The van der Waals surface area contributed by atoms with Crippen LogP contribution in [0.4, 0.5) is 0 Å². The quantitative estimate of drug-likeness (QED) is 0.888. The maximum absolute atomic E-state index is 5.99. The van der Waals surface area contributed by atoms with Gasteiger partial charge in [-0.25, -0.2) is 4.98 Å². The number of nitrogens with two attached hydrogens (primary N) is 1. The van der Waals surface area contributed by atoms with Crippen LogP contribution in [-0.4, -0.2) is 29.7 Å². The van der Waals surface area contributed by atoms with Gasteiger partial charge in [0.15, 0.2) is 0 Å². The van der Waals surface area contributed by atoms with Gasteiger partial charge in [-0.15, -0.1) is 0 Å². The van der Waals surface area contributed by atoms with Gasteiger partial charge < -0.3 is 15.2 Å². The molecule has 0 aliphatic heterocycles. The van der Waals surface area contributed by atoms with E-state index in [0.717, 1.165) is 19.3 Å². The molecule has 5 nitrogen and oxygen atoms in total. The third-order valence-corrected chi connectivity index (χ3v) is 3.29. The average Bonchev–Trinajstić information content (AvgIpc) is 2.79. The van der Waals surface area contributed by atoms with Crippen molar-refractivity contribution in [2.24, 2.45) is 11.7 Å². The molecule has 1 aromatic rings. The van der Waals surface area contributed by atoms with Gasteiger partial charge in [-0.05, 0) is 25.8 Å². The van der Waals surface area contributed by atoms with Crippen LogP contribution in [0.2, 0.25) is 5.02 Å². The van der Waals surface area contributed by atoms with Crippen LogP contribution in [-0.2, 0) is 0 Å². The SMILES string of the molecule is COc1ncc(Cl)c(OC2CCCC2CN)n1. The summed E-state index contributed by atoms with van der Waals surface area (Å²) in [5.74, 6) is 0.760. The standard InChI is InChI=1S/C11H16ClN3O2/c1-16-11-14-6-8(12)10(15-11)17-9-4-2-3-7(9)5-13/h6-7,9H,2-5,13H2,1H3. The Morgan fingerprint density at radius 2 is 2.35 bits per heavy atom. The molecule has 1 heterocycles. The second kappa shape index (κ2) is 5.51. The van der Waals surface area contributed by atoms with Crippen LogP contribution >= 0.6 is 11.6 Å². The molecule has 0 amide bonds. The molecule has 6 heteroatoms. The zero-order chi connectivity index (χ0) is 12.3. The Kier molecular flexibility index (Phi) is 4.02. The summed E-state index contributed by atoms with van der Waals surface area (Å²) in [4.78, 5) is 8.00. The second-order valence-electron chi connectivity index (χ2n) is 4.09. The smallest absolute Gasteiger partial charge is 0.319 e. The van der Waals surface area contributed by atoms with Crippen LogP contribution in [0, 0.1) is 5.92 Å². The average molecular weight is 258 g/mol. The number of aromatic nitrogens is 2. The van der Waals surface area contributed by atoms with E-state index in [0.29, 0.717) is 23.4 Å². The summed E-state index contributed by atoms with van der Waals surface area (Å²) in [5, 5.41) is 0.397. The molecule has 2 atom stereocenters. The molecule has 1 aromatic heterocycles. The number of nitrogens with zero attached hydrogens (tertiary/aromatic N) is 2. The molecule has 1 saturated carbocycles. The molecule has 2 rings (SSSR count). The van der Waals surface area contributed by atoms with Crippen molar-refractivity contribution in [3.05, 3.63) is 11.2 Å². The Morgan fingerprint density at radius 3 is 3.06 bits per heavy atom. The predicted octanol–water partition coefficient (Wildman–Crippen LogP) is 1.64. The number of halogens is 1. The molecule has 94 valence electrons. The number of ether oxygens (including phenoxy) is 2. The molecule has 0 aromatic carbocycles. The van der Waals surface area contributed by atoms with Gasteiger partial charge >= 0.3 is 6.01 Å². The molecule has 2 unspecified atom stereocenters. The van der Waals surface area contributed by atoms with E-state index in [1.165, 1.54) is 13.3 Å². The minimum atomic E-state index is 0.0945. The molecule has 2 N–H and O–H groups in total. The fourth-order valence-corrected chi connectivity index (χ4v) is 2.22. The summed E-state index contributed by atoms with van der Waals surface area (Å²) in [6, 6.07) is 0.256. The lowest BCUT2D eigenvalue weighted by Crippen LogP contribution is -2.28. The normalized spacial score (nSPS) is 23.7. The van der Waals surface area contributed by atoms with E-state index in [1.54, 1.807) is 0 Å². The fraction of sp³-hybridized carbons (Fsp3) is 0.636. The van der Waals surface area contributed by atoms with E-state index in [2.05, 4.69) is 9.97 Å². The maximum atomic E-state index is 5.99. The van der Waals surface area contributed by atoms with Crippen LogP contribution in [0.3, 0.4) is 0 Å². The minimum absolute atomic E-state index is 0.0945. The van der Waals surface area contributed by atoms with E-state index in [4.69, 9.17) is 26.8 Å². The Morgan fingerprint density at radius 1 is 1.53 bits per heavy atom. The van der Waals surface area contributed by atoms with Gasteiger partial charge in [0.25, 0.3) is 0 Å². The van der Waals surface area contributed by atoms with Gasteiger partial charge in [0.1, 0.15) is 11.1 Å². The highest BCUT2D eigenvalue weighted by Crippen LogP contribution is 2.31. The minimum Gasteiger partial charge on any atom is -0.473 e. The Balaban J connectivity index is 2.12. The summed E-state index contributed by atoms with van der Waals surface area (Å²) >= 11 is 5.99. The highest BCUT2D eigenvalue weighted by molar-refractivity contribution is 6.31. The van der Waals surface area contributed by atoms with Crippen molar-refractivity contribution in [2.45, 2.75) is 25.4 Å². The van der Waals surface area contributed by atoms with Crippen molar-refractivity contribution in [3.8, 4) is 11.9 Å². The Hall–Kier alpha value is -1.07. The molecule has 1 aliphatic carbocycles. The Bertz CT molecular complexity index is 389. The topological polar surface area (TPSA) is 70.3 Å². The van der Waals surface area contributed by atoms with Crippen LogP contribution in [0.25, 0.3) is 0 Å². The molecule has 1 fully saturated rings. The molecular formula is C11H16ClN3O2. The van der Waals surface area contributed by atoms with Crippen LogP contribution in [0.15, 0.2) is 6.20 Å². The van der Waals surface area contributed by atoms with E-state index < -0.39 is 0 Å². The summed E-state index contributed by atoms with van der Waals surface area (Å²) in [6.07, 6.45) is 4.80. The fourth-order valence-electron chi connectivity index (χ4n) is 2.09. The lowest BCUT2D eigenvalue weighted by atomic mass is 10.1. The summed E-state index contributed by atoms with van der Waals surface area (Å²) in [7, 11) is 1.51. The highest BCUT2D eigenvalue weighted by Gasteiger charge is 2.28. The monoisotopic (exact) mass is 257 g/mol. The van der Waals surface area contributed by atoms with Crippen molar-refractivity contribution >= 4 is 11.6 Å². The van der Waals surface area contributed by atoms with Gasteiger partial charge in [0, 0.05) is 5.92 Å². The first-order valence-electron chi connectivity index (χ1n) is 5.68. The first kappa shape index (κ1) is 12.4. The second-order valence-corrected chi connectivity index (χ2v) is 4.50. The Labute approximate surface area is 105 Å². The molecule has 17 heavy (non-hydrogen) atoms. The van der Waals surface area contributed by atoms with Gasteiger partial charge in [-0.3, -0.25) is 0 Å². The van der Waals surface area contributed by atoms with E-state index in [1.807, 2.05) is 0 Å². The molecule has 0 saturated heterocycles. The zero-order valence-corrected chi connectivity index (χ0v) is 10.5. The third kappa shape index (κ3) is 2.79. The first-order chi connectivity index (χ1) is 8.24. The number of hydrogen-bond acceptors (Lipinski definition) is 5. The van der Waals surface area contributed by atoms with Gasteiger partial charge in [-0.1, -0.05) is 11.6 Å². The molecule has 0 spiro atoms. The van der Waals surface area contributed by atoms with Crippen molar-refractivity contribution in [3.63, 3.8) is 0 Å².